The van der Waals surface area contributed by atoms with Crippen LogP contribution in [0.2, 0.25) is 0 Å². The van der Waals surface area contributed by atoms with E-state index >= 15 is 0 Å². The first-order valence-corrected chi connectivity index (χ1v) is 6.77. The van der Waals surface area contributed by atoms with E-state index in [0.717, 1.165) is 17.8 Å². The molecule has 0 aromatic carbocycles. The van der Waals surface area contributed by atoms with Gasteiger partial charge < -0.3 is 0 Å². The first-order valence-electron chi connectivity index (χ1n) is 6.77. The Labute approximate surface area is 112 Å². The second kappa shape index (κ2) is 4.64. The van der Waals surface area contributed by atoms with Crippen LogP contribution in [0.25, 0.3) is 0 Å². The SMILES string of the molecule is CC(C)(C)Cc1ccc(C(C)(C)C(C)(C)C)nn1. The van der Waals surface area contributed by atoms with Crippen molar-refractivity contribution in [1.82, 2.24) is 10.2 Å². The Morgan fingerprint density at radius 2 is 1.39 bits per heavy atom. The lowest BCUT2D eigenvalue weighted by Gasteiger charge is -2.38. The zero-order valence-corrected chi connectivity index (χ0v) is 13.3. The van der Waals surface area contributed by atoms with Crippen molar-refractivity contribution in [3.05, 3.63) is 23.5 Å². The highest BCUT2D eigenvalue weighted by Crippen LogP contribution is 2.39. The van der Waals surface area contributed by atoms with E-state index in [-0.39, 0.29) is 16.2 Å². The lowest BCUT2D eigenvalue weighted by Crippen LogP contribution is -2.35. The minimum absolute atomic E-state index is 0.0280. The van der Waals surface area contributed by atoms with Gasteiger partial charge in [0.2, 0.25) is 0 Å². The van der Waals surface area contributed by atoms with Crippen LogP contribution < -0.4 is 0 Å². The van der Waals surface area contributed by atoms with Gasteiger partial charge in [-0.25, -0.2) is 0 Å². The molecule has 0 N–H and O–H groups in total. The van der Waals surface area contributed by atoms with Gasteiger partial charge in [-0.05, 0) is 29.4 Å². The van der Waals surface area contributed by atoms with E-state index in [0.29, 0.717) is 0 Å². The molecule has 0 unspecified atom stereocenters. The topological polar surface area (TPSA) is 25.8 Å². The largest absolute Gasteiger partial charge is 0.155 e. The van der Waals surface area contributed by atoms with Crippen LogP contribution in [-0.2, 0) is 11.8 Å². The Balaban J connectivity index is 2.97. The molecule has 1 aromatic rings. The predicted molar refractivity (Wildman–Crippen MR) is 77.7 cm³/mol. The maximum atomic E-state index is 4.45. The fourth-order valence-corrected chi connectivity index (χ4v) is 1.72. The van der Waals surface area contributed by atoms with Gasteiger partial charge >= 0.3 is 0 Å². The Morgan fingerprint density at radius 3 is 1.72 bits per heavy atom. The Bertz CT molecular complexity index is 389. The number of hydrogen-bond acceptors (Lipinski definition) is 2. The molecule has 0 saturated heterocycles. The summed E-state index contributed by atoms with van der Waals surface area (Å²) in [5.74, 6) is 0. The third-order valence-electron chi connectivity index (χ3n) is 3.95. The number of nitrogens with zero attached hydrogens (tertiary/aromatic N) is 2. The molecule has 1 aromatic heterocycles. The summed E-state index contributed by atoms with van der Waals surface area (Å²) >= 11 is 0. The van der Waals surface area contributed by atoms with Gasteiger partial charge in [0.25, 0.3) is 0 Å². The van der Waals surface area contributed by atoms with Crippen LogP contribution in [0.5, 0.6) is 0 Å². The average molecular weight is 248 g/mol. The van der Waals surface area contributed by atoms with Gasteiger partial charge in [0.05, 0.1) is 11.4 Å². The monoisotopic (exact) mass is 248 g/mol. The van der Waals surface area contributed by atoms with E-state index in [2.05, 4.69) is 77.7 Å². The van der Waals surface area contributed by atoms with Crippen LogP contribution in [0.1, 0.15) is 66.8 Å². The van der Waals surface area contributed by atoms with Gasteiger partial charge in [0.15, 0.2) is 0 Å². The van der Waals surface area contributed by atoms with Crippen molar-refractivity contribution in [2.45, 2.75) is 67.2 Å². The summed E-state index contributed by atoms with van der Waals surface area (Å²) in [6, 6.07) is 4.26. The van der Waals surface area contributed by atoms with Crippen LogP contribution >= 0.6 is 0 Å². The summed E-state index contributed by atoms with van der Waals surface area (Å²) in [7, 11) is 0. The molecule has 0 aliphatic rings. The highest BCUT2D eigenvalue weighted by atomic mass is 15.1. The molecule has 1 heterocycles. The predicted octanol–water partition coefficient (Wildman–Crippen LogP) is 4.39. The zero-order chi connectivity index (χ0) is 14.2. The van der Waals surface area contributed by atoms with Crippen LogP contribution in [0.15, 0.2) is 12.1 Å². The Morgan fingerprint density at radius 1 is 0.833 bits per heavy atom. The molecular weight excluding hydrogens is 220 g/mol. The molecule has 0 aliphatic heterocycles. The summed E-state index contributed by atoms with van der Waals surface area (Å²) in [5, 5.41) is 8.84. The van der Waals surface area contributed by atoms with E-state index < -0.39 is 0 Å². The molecular formula is C16H28N2. The smallest absolute Gasteiger partial charge is 0.0692 e. The number of hydrogen-bond donors (Lipinski definition) is 0. The molecule has 0 fully saturated rings. The standard InChI is InChI=1S/C16H28N2/c1-14(2,3)11-12-9-10-13(18-17-12)16(7,8)15(4,5)6/h9-10H,11H2,1-8H3. The molecule has 2 nitrogen and oxygen atoms in total. The average Bonchev–Trinajstić information content (AvgIpc) is 2.14. The van der Waals surface area contributed by atoms with Gasteiger partial charge in [-0.3, -0.25) is 0 Å². The molecule has 0 atom stereocenters. The van der Waals surface area contributed by atoms with Gasteiger partial charge in [-0.15, -0.1) is 0 Å². The maximum Gasteiger partial charge on any atom is 0.0692 e. The summed E-state index contributed by atoms with van der Waals surface area (Å²) in [5.41, 5.74) is 2.62. The van der Waals surface area contributed by atoms with Crippen molar-refractivity contribution in [2.24, 2.45) is 10.8 Å². The second-order valence-electron chi connectivity index (χ2n) is 8.02. The highest BCUT2D eigenvalue weighted by molar-refractivity contribution is 5.18. The first-order chi connectivity index (χ1) is 7.93. The molecule has 0 aliphatic carbocycles. The lowest BCUT2D eigenvalue weighted by atomic mass is 9.67. The van der Waals surface area contributed by atoms with Crippen LogP contribution in [-0.4, -0.2) is 10.2 Å². The third-order valence-corrected chi connectivity index (χ3v) is 3.95. The second-order valence-corrected chi connectivity index (χ2v) is 8.02. The van der Waals surface area contributed by atoms with Crippen LogP contribution in [0.3, 0.4) is 0 Å². The van der Waals surface area contributed by atoms with Crippen molar-refractivity contribution in [3.8, 4) is 0 Å². The molecule has 2 heteroatoms. The molecule has 0 saturated carbocycles. The van der Waals surface area contributed by atoms with Crippen LogP contribution in [0, 0.1) is 10.8 Å². The fraction of sp³-hybridized carbons (Fsp3) is 0.750. The van der Waals surface area contributed by atoms with Crippen LogP contribution in [0.4, 0.5) is 0 Å². The van der Waals surface area contributed by atoms with Gasteiger partial charge in [0, 0.05) is 5.41 Å². The van der Waals surface area contributed by atoms with Crippen molar-refractivity contribution >= 4 is 0 Å². The van der Waals surface area contributed by atoms with Crippen molar-refractivity contribution in [3.63, 3.8) is 0 Å². The normalized spacial score (nSPS) is 13.8. The zero-order valence-electron chi connectivity index (χ0n) is 13.3. The summed E-state index contributed by atoms with van der Waals surface area (Å²) in [6.45, 7) is 17.9. The van der Waals surface area contributed by atoms with E-state index in [1.807, 2.05) is 0 Å². The molecule has 0 amide bonds. The number of rotatable bonds is 2. The Kier molecular flexibility index (Phi) is 3.90. The van der Waals surface area contributed by atoms with E-state index in [1.165, 1.54) is 0 Å². The molecule has 18 heavy (non-hydrogen) atoms. The summed E-state index contributed by atoms with van der Waals surface area (Å²) < 4.78 is 0. The van der Waals surface area contributed by atoms with Gasteiger partial charge in [-0.2, -0.15) is 10.2 Å². The molecule has 0 bridgehead atoms. The fourth-order valence-electron chi connectivity index (χ4n) is 1.72. The van der Waals surface area contributed by atoms with E-state index in [4.69, 9.17) is 0 Å². The molecule has 1 rings (SSSR count). The van der Waals surface area contributed by atoms with E-state index in [1.54, 1.807) is 0 Å². The van der Waals surface area contributed by atoms with Crippen molar-refractivity contribution in [1.29, 1.82) is 0 Å². The maximum absolute atomic E-state index is 4.45. The molecule has 0 radical (unpaired) electrons. The third kappa shape index (κ3) is 3.54. The first kappa shape index (κ1) is 15.1. The van der Waals surface area contributed by atoms with E-state index in [9.17, 15) is 0 Å². The van der Waals surface area contributed by atoms with Crippen molar-refractivity contribution in [2.75, 3.05) is 0 Å². The quantitative estimate of drug-likeness (QED) is 0.775. The van der Waals surface area contributed by atoms with Gasteiger partial charge in [-0.1, -0.05) is 55.4 Å². The lowest BCUT2D eigenvalue weighted by molar-refractivity contribution is 0.218. The highest BCUT2D eigenvalue weighted by Gasteiger charge is 2.36. The minimum atomic E-state index is 0.0280. The number of aromatic nitrogens is 2. The summed E-state index contributed by atoms with van der Waals surface area (Å²) in [6.07, 6.45) is 0.968. The molecule has 0 spiro atoms. The summed E-state index contributed by atoms with van der Waals surface area (Å²) in [4.78, 5) is 0. The van der Waals surface area contributed by atoms with Gasteiger partial charge in [0.1, 0.15) is 0 Å². The molecule has 102 valence electrons. The minimum Gasteiger partial charge on any atom is -0.155 e. The Hall–Kier alpha value is -0.920. The van der Waals surface area contributed by atoms with Crippen molar-refractivity contribution < 1.29 is 0 Å².